The summed E-state index contributed by atoms with van der Waals surface area (Å²) in [4.78, 5) is 21.4. The molecule has 1 aliphatic carbocycles. The Morgan fingerprint density at radius 3 is 2.40 bits per heavy atom. The number of rotatable bonds is 6. The van der Waals surface area contributed by atoms with E-state index in [0.717, 1.165) is 12.1 Å². The minimum Gasteiger partial charge on any atom is -0.481 e. The van der Waals surface area contributed by atoms with Crippen molar-refractivity contribution in [2.45, 2.75) is 57.7 Å². The monoisotopic (exact) mass is 552 g/mol. The Balaban J connectivity index is 1.53. The van der Waals surface area contributed by atoms with Crippen LogP contribution < -0.4 is 5.73 Å². The Bertz CT molecular complexity index is 1580. The van der Waals surface area contributed by atoms with Crippen molar-refractivity contribution in [1.29, 1.82) is 0 Å². The van der Waals surface area contributed by atoms with Gasteiger partial charge in [-0.05, 0) is 55.4 Å². The predicted molar refractivity (Wildman–Crippen MR) is 144 cm³/mol. The summed E-state index contributed by atoms with van der Waals surface area (Å²) in [5.74, 6) is 0.0493. The van der Waals surface area contributed by atoms with Gasteiger partial charge in [0.25, 0.3) is 0 Å². The summed E-state index contributed by atoms with van der Waals surface area (Å²) in [6.07, 6.45) is 0.496. The van der Waals surface area contributed by atoms with Crippen LogP contribution in [-0.2, 0) is 16.6 Å². The highest BCUT2D eigenvalue weighted by atomic mass is 19.4. The molecule has 2 aromatic heterocycles. The Morgan fingerprint density at radius 1 is 1.12 bits per heavy atom. The molecule has 2 heterocycles. The SMILES string of the molecule is CC(C)[C@]1(C(=O)O)CC[C@H](c2nc(-c3ccc(C(C)(O)c4cccc(C(F)(F)F)c4)cc3)c3c(N)nccn23)C1. The van der Waals surface area contributed by atoms with Crippen LogP contribution in [0.3, 0.4) is 0 Å². The first kappa shape index (κ1) is 27.6. The molecular formula is C30H31F3N4O3. The maximum absolute atomic E-state index is 13.3. The average molecular weight is 553 g/mol. The summed E-state index contributed by atoms with van der Waals surface area (Å²) in [6, 6.07) is 11.4. The highest BCUT2D eigenvalue weighted by Gasteiger charge is 2.49. The Hall–Kier alpha value is -3.92. The van der Waals surface area contributed by atoms with Crippen molar-refractivity contribution in [2.75, 3.05) is 5.73 Å². The highest BCUT2D eigenvalue weighted by molar-refractivity contribution is 5.85. The van der Waals surface area contributed by atoms with Crippen LogP contribution in [0.2, 0.25) is 0 Å². The molecule has 10 heteroatoms. The van der Waals surface area contributed by atoms with Gasteiger partial charge in [-0.2, -0.15) is 13.2 Å². The number of aliphatic carboxylic acids is 1. The molecule has 4 N–H and O–H groups in total. The lowest BCUT2D eigenvalue weighted by molar-refractivity contribution is -0.151. The van der Waals surface area contributed by atoms with Crippen LogP contribution in [0.15, 0.2) is 60.9 Å². The van der Waals surface area contributed by atoms with Gasteiger partial charge < -0.3 is 15.9 Å². The molecule has 1 fully saturated rings. The fourth-order valence-electron chi connectivity index (χ4n) is 5.96. The number of aromatic nitrogens is 3. The number of alkyl halides is 3. The van der Waals surface area contributed by atoms with E-state index in [1.807, 2.05) is 18.2 Å². The zero-order valence-corrected chi connectivity index (χ0v) is 22.4. The van der Waals surface area contributed by atoms with Crippen molar-refractivity contribution in [3.63, 3.8) is 0 Å². The standard InChI is InChI=1S/C30H31F3N4O3/c1-17(2)29(27(38)39)12-11-19(16-29)26-36-23(24-25(34)35-13-14-37(24)26)18-7-9-20(10-8-18)28(3,40)21-5-4-6-22(15-21)30(31,32)33/h4-10,13-15,17,19,40H,11-12,16H2,1-3H3,(H2,34,35)(H,38,39)/t19-,28?,29-/m0/s1. The number of fused-ring (bicyclic) bond motifs is 1. The maximum Gasteiger partial charge on any atom is 0.416 e. The van der Waals surface area contributed by atoms with Gasteiger partial charge in [-0.3, -0.25) is 9.20 Å². The number of carboxylic acids is 1. The van der Waals surface area contributed by atoms with Gasteiger partial charge in [0.1, 0.15) is 28.5 Å². The minimum atomic E-state index is -4.53. The molecule has 7 nitrogen and oxygen atoms in total. The molecule has 210 valence electrons. The van der Waals surface area contributed by atoms with Crippen molar-refractivity contribution in [1.82, 2.24) is 14.4 Å². The van der Waals surface area contributed by atoms with Crippen molar-refractivity contribution in [3.8, 4) is 11.3 Å². The van der Waals surface area contributed by atoms with Crippen LogP contribution in [0, 0.1) is 11.3 Å². The summed E-state index contributed by atoms with van der Waals surface area (Å²) in [7, 11) is 0. The van der Waals surface area contributed by atoms with Crippen molar-refractivity contribution >= 4 is 17.3 Å². The molecule has 1 aliphatic rings. The van der Waals surface area contributed by atoms with Gasteiger partial charge in [-0.15, -0.1) is 0 Å². The van der Waals surface area contributed by atoms with E-state index < -0.39 is 28.7 Å². The summed E-state index contributed by atoms with van der Waals surface area (Å²) in [6.45, 7) is 5.32. The van der Waals surface area contributed by atoms with Gasteiger partial charge in [-0.1, -0.05) is 50.2 Å². The van der Waals surface area contributed by atoms with E-state index in [4.69, 9.17) is 10.7 Å². The predicted octanol–water partition coefficient (Wildman–Crippen LogP) is 6.25. The molecule has 0 amide bonds. The van der Waals surface area contributed by atoms with E-state index in [1.165, 1.54) is 19.1 Å². The maximum atomic E-state index is 13.3. The number of nitrogen functional groups attached to an aromatic ring is 1. The van der Waals surface area contributed by atoms with Gasteiger partial charge in [0.05, 0.1) is 11.0 Å². The molecule has 0 aliphatic heterocycles. The smallest absolute Gasteiger partial charge is 0.416 e. The number of halogens is 3. The van der Waals surface area contributed by atoms with Gasteiger partial charge in [-0.25, -0.2) is 9.97 Å². The summed E-state index contributed by atoms with van der Waals surface area (Å²) < 4.78 is 41.6. The Morgan fingerprint density at radius 2 is 1.80 bits per heavy atom. The number of nitrogens with zero attached hydrogens (tertiary/aromatic N) is 3. The summed E-state index contributed by atoms with van der Waals surface area (Å²) in [5, 5.41) is 21.3. The van der Waals surface area contributed by atoms with Crippen LogP contribution in [0.25, 0.3) is 16.8 Å². The summed E-state index contributed by atoms with van der Waals surface area (Å²) in [5.41, 5.74) is 5.29. The van der Waals surface area contributed by atoms with Gasteiger partial charge >= 0.3 is 12.1 Å². The molecule has 0 bridgehead atoms. The zero-order valence-electron chi connectivity index (χ0n) is 22.4. The van der Waals surface area contributed by atoms with Gasteiger partial charge in [0.15, 0.2) is 0 Å². The van der Waals surface area contributed by atoms with E-state index in [9.17, 15) is 28.2 Å². The number of hydrogen-bond acceptors (Lipinski definition) is 5. The Labute approximate surface area is 229 Å². The number of nitrogens with two attached hydrogens (primary N) is 1. The second-order valence-electron chi connectivity index (χ2n) is 11.1. The van der Waals surface area contributed by atoms with Gasteiger partial charge in [0.2, 0.25) is 0 Å². The Kier molecular flexibility index (Phi) is 6.65. The highest BCUT2D eigenvalue weighted by Crippen LogP contribution is 2.51. The molecule has 1 saturated carbocycles. The quantitative estimate of drug-likeness (QED) is 0.261. The average Bonchev–Trinajstić information content (AvgIpc) is 3.52. The molecule has 4 aromatic rings. The van der Waals surface area contributed by atoms with Gasteiger partial charge in [0, 0.05) is 23.9 Å². The third kappa shape index (κ3) is 4.50. The van der Waals surface area contributed by atoms with Crippen LogP contribution >= 0.6 is 0 Å². The number of carboxylic acid groups (broad SMARTS) is 1. The molecule has 3 atom stereocenters. The number of hydrogen-bond donors (Lipinski definition) is 3. The minimum absolute atomic E-state index is 0.0374. The van der Waals surface area contributed by atoms with E-state index >= 15 is 0 Å². The van der Waals surface area contributed by atoms with E-state index in [1.54, 1.807) is 36.7 Å². The number of benzene rings is 2. The molecule has 40 heavy (non-hydrogen) atoms. The van der Waals surface area contributed by atoms with Crippen molar-refractivity contribution in [2.24, 2.45) is 11.3 Å². The third-order valence-electron chi connectivity index (χ3n) is 8.53. The van der Waals surface area contributed by atoms with E-state index in [-0.39, 0.29) is 23.2 Å². The second kappa shape index (κ2) is 9.62. The molecule has 0 saturated heterocycles. The molecule has 2 aromatic carbocycles. The van der Waals surface area contributed by atoms with Crippen LogP contribution in [0.1, 0.15) is 68.5 Å². The lowest BCUT2D eigenvalue weighted by atomic mass is 9.75. The molecule has 1 unspecified atom stereocenters. The zero-order chi connectivity index (χ0) is 29.0. The topological polar surface area (TPSA) is 114 Å². The van der Waals surface area contributed by atoms with Crippen LogP contribution in [-0.4, -0.2) is 30.6 Å². The first-order valence-electron chi connectivity index (χ1n) is 13.1. The summed E-state index contributed by atoms with van der Waals surface area (Å²) >= 11 is 0. The number of imidazole rings is 1. The van der Waals surface area contributed by atoms with E-state index in [0.29, 0.717) is 47.4 Å². The normalized spacial score (nSPS) is 21.1. The second-order valence-corrected chi connectivity index (χ2v) is 11.1. The number of aliphatic hydroxyl groups is 1. The first-order chi connectivity index (χ1) is 18.8. The number of anilines is 1. The van der Waals surface area contributed by atoms with E-state index in [2.05, 4.69) is 4.98 Å². The fraction of sp³-hybridized carbons (Fsp3) is 0.367. The number of carbonyl (C=O) groups is 1. The molecule has 0 radical (unpaired) electrons. The largest absolute Gasteiger partial charge is 0.481 e. The fourth-order valence-corrected chi connectivity index (χ4v) is 5.96. The van der Waals surface area contributed by atoms with Crippen molar-refractivity contribution in [3.05, 3.63) is 83.4 Å². The van der Waals surface area contributed by atoms with Crippen LogP contribution in [0.5, 0.6) is 0 Å². The third-order valence-corrected chi connectivity index (χ3v) is 8.53. The lowest BCUT2D eigenvalue weighted by Gasteiger charge is -2.28. The van der Waals surface area contributed by atoms with Crippen LogP contribution in [0.4, 0.5) is 19.0 Å². The first-order valence-corrected chi connectivity index (χ1v) is 13.1. The molecule has 5 rings (SSSR count). The molecule has 0 spiro atoms. The lowest BCUT2D eigenvalue weighted by Crippen LogP contribution is -2.33. The molecular weight excluding hydrogens is 521 g/mol. The van der Waals surface area contributed by atoms with Crippen molar-refractivity contribution < 1.29 is 28.2 Å².